The van der Waals surface area contributed by atoms with Crippen LogP contribution in [0.4, 0.5) is 6.01 Å². The molecule has 2 aromatic heterocycles. The molecule has 0 spiro atoms. The van der Waals surface area contributed by atoms with Crippen LogP contribution in [0.5, 0.6) is 5.88 Å². The van der Waals surface area contributed by atoms with Gasteiger partial charge in [-0.2, -0.15) is 0 Å². The predicted octanol–water partition coefficient (Wildman–Crippen LogP) is 2.15. The Kier molecular flexibility index (Phi) is 5.51. The minimum absolute atomic E-state index is 0.0515. The van der Waals surface area contributed by atoms with Gasteiger partial charge in [-0.05, 0) is 25.5 Å². The van der Waals surface area contributed by atoms with Crippen molar-refractivity contribution in [2.24, 2.45) is 0 Å². The van der Waals surface area contributed by atoms with Gasteiger partial charge in [-0.1, -0.05) is 18.1 Å². The van der Waals surface area contributed by atoms with Gasteiger partial charge in [0.05, 0.1) is 13.2 Å². The number of anilines is 1. The van der Waals surface area contributed by atoms with Crippen LogP contribution in [0.2, 0.25) is 0 Å². The van der Waals surface area contributed by atoms with Gasteiger partial charge in [-0.25, -0.2) is 4.98 Å². The number of pyridine rings is 1. The molecule has 2 N–H and O–H groups in total. The Labute approximate surface area is 124 Å². The van der Waals surface area contributed by atoms with Crippen molar-refractivity contribution in [1.82, 2.24) is 20.5 Å². The molecule has 0 saturated carbocycles. The van der Waals surface area contributed by atoms with Gasteiger partial charge < -0.3 is 19.8 Å². The summed E-state index contributed by atoms with van der Waals surface area (Å²) < 4.78 is 10.6. The first-order valence-corrected chi connectivity index (χ1v) is 7.02. The van der Waals surface area contributed by atoms with Gasteiger partial charge in [-0.15, -0.1) is 5.10 Å². The Morgan fingerprint density at radius 3 is 2.86 bits per heavy atom. The molecule has 0 radical (unpaired) electrons. The van der Waals surface area contributed by atoms with E-state index >= 15 is 0 Å². The lowest BCUT2D eigenvalue weighted by molar-refractivity contribution is 0.397. The Bertz CT molecular complexity index is 541. The van der Waals surface area contributed by atoms with Gasteiger partial charge in [0.15, 0.2) is 0 Å². The molecule has 1 atom stereocenters. The molecule has 0 aliphatic rings. The summed E-state index contributed by atoms with van der Waals surface area (Å²) in [7, 11) is 1.59. The lowest BCUT2D eigenvalue weighted by Crippen LogP contribution is -2.19. The second kappa shape index (κ2) is 7.58. The van der Waals surface area contributed by atoms with Crippen LogP contribution in [0.25, 0.3) is 0 Å². The molecule has 0 aliphatic heterocycles. The molecule has 1 unspecified atom stereocenters. The highest BCUT2D eigenvalue weighted by Crippen LogP contribution is 2.14. The molecule has 2 heterocycles. The van der Waals surface area contributed by atoms with Gasteiger partial charge in [0.2, 0.25) is 11.8 Å². The molecule has 21 heavy (non-hydrogen) atoms. The van der Waals surface area contributed by atoms with Crippen LogP contribution in [-0.2, 0) is 6.54 Å². The molecule has 7 heteroatoms. The molecule has 0 aromatic carbocycles. The molecule has 0 saturated heterocycles. The summed E-state index contributed by atoms with van der Waals surface area (Å²) in [6, 6.07) is 4.20. The molecule has 2 aromatic rings. The number of hydrogen-bond donors (Lipinski definition) is 2. The van der Waals surface area contributed by atoms with E-state index in [1.165, 1.54) is 0 Å². The van der Waals surface area contributed by atoms with Crippen molar-refractivity contribution >= 4 is 6.01 Å². The molecule has 0 aliphatic carbocycles. The van der Waals surface area contributed by atoms with Crippen LogP contribution in [-0.4, -0.2) is 28.8 Å². The fourth-order valence-electron chi connectivity index (χ4n) is 1.74. The minimum Gasteiger partial charge on any atom is -0.481 e. The van der Waals surface area contributed by atoms with E-state index in [4.69, 9.17) is 9.15 Å². The molecular weight excluding hydrogens is 270 g/mol. The van der Waals surface area contributed by atoms with E-state index in [-0.39, 0.29) is 6.04 Å². The van der Waals surface area contributed by atoms with Gasteiger partial charge in [-0.3, -0.25) is 0 Å². The van der Waals surface area contributed by atoms with Crippen LogP contribution in [0.3, 0.4) is 0 Å². The van der Waals surface area contributed by atoms with E-state index in [0.29, 0.717) is 24.3 Å². The topological polar surface area (TPSA) is 85.1 Å². The van der Waals surface area contributed by atoms with Crippen LogP contribution in [0.1, 0.15) is 37.8 Å². The van der Waals surface area contributed by atoms with Gasteiger partial charge in [0.1, 0.15) is 0 Å². The SMILES string of the molecule is CCCNC(C)c1nnc(NCc2ccc(OC)nc2)o1. The van der Waals surface area contributed by atoms with Crippen LogP contribution in [0, 0.1) is 0 Å². The van der Waals surface area contributed by atoms with E-state index in [9.17, 15) is 0 Å². The van der Waals surface area contributed by atoms with Crippen LogP contribution >= 0.6 is 0 Å². The summed E-state index contributed by atoms with van der Waals surface area (Å²) in [6.07, 6.45) is 2.81. The molecule has 0 bridgehead atoms. The van der Waals surface area contributed by atoms with Crippen molar-refractivity contribution in [2.45, 2.75) is 32.9 Å². The maximum atomic E-state index is 5.57. The zero-order chi connectivity index (χ0) is 15.1. The summed E-state index contributed by atoms with van der Waals surface area (Å²) in [5.74, 6) is 1.17. The number of rotatable bonds is 8. The summed E-state index contributed by atoms with van der Waals surface area (Å²) in [5, 5.41) is 14.4. The van der Waals surface area contributed by atoms with Gasteiger partial charge >= 0.3 is 6.01 Å². The normalized spacial score (nSPS) is 12.1. The Morgan fingerprint density at radius 2 is 2.19 bits per heavy atom. The summed E-state index contributed by atoms with van der Waals surface area (Å²) >= 11 is 0. The number of ether oxygens (including phenoxy) is 1. The quantitative estimate of drug-likeness (QED) is 0.770. The first-order valence-electron chi connectivity index (χ1n) is 7.02. The molecule has 0 amide bonds. The Hall–Kier alpha value is -2.15. The third kappa shape index (κ3) is 4.42. The summed E-state index contributed by atoms with van der Waals surface area (Å²) in [4.78, 5) is 4.14. The average molecular weight is 291 g/mol. The fourth-order valence-corrected chi connectivity index (χ4v) is 1.74. The fraction of sp³-hybridized carbons (Fsp3) is 0.500. The van der Waals surface area contributed by atoms with E-state index in [1.807, 2.05) is 19.1 Å². The van der Waals surface area contributed by atoms with E-state index in [0.717, 1.165) is 18.5 Å². The van der Waals surface area contributed by atoms with Crippen molar-refractivity contribution in [3.63, 3.8) is 0 Å². The van der Waals surface area contributed by atoms with Gasteiger partial charge in [0.25, 0.3) is 0 Å². The third-order valence-corrected chi connectivity index (χ3v) is 2.96. The standard InChI is InChI=1S/C14H21N5O2/c1-4-7-15-10(2)13-18-19-14(21-13)17-9-11-5-6-12(20-3)16-8-11/h5-6,8,10,15H,4,7,9H2,1-3H3,(H,17,19). The van der Waals surface area contributed by atoms with Crippen molar-refractivity contribution in [1.29, 1.82) is 0 Å². The first-order chi connectivity index (χ1) is 10.2. The summed E-state index contributed by atoms with van der Waals surface area (Å²) in [6.45, 7) is 5.60. The second-order valence-corrected chi connectivity index (χ2v) is 4.68. The van der Waals surface area contributed by atoms with Gasteiger partial charge in [0, 0.05) is 18.8 Å². The zero-order valence-corrected chi connectivity index (χ0v) is 12.6. The number of methoxy groups -OCH3 is 1. The summed E-state index contributed by atoms with van der Waals surface area (Å²) in [5.41, 5.74) is 1.01. The molecular formula is C14H21N5O2. The monoisotopic (exact) mass is 291 g/mol. The minimum atomic E-state index is 0.0515. The lowest BCUT2D eigenvalue weighted by atomic mass is 10.3. The van der Waals surface area contributed by atoms with E-state index < -0.39 is 0 Å². The maximum absolute atomic E-state index is 5.57. The predicted molar refractivity (Wildman–Crippen MR) is 79.1 cm³/mol. The molecule has 114 valence electrons. The number of aromatic nitrogens is 3. The highest BCUT2D eigenvalue weighted by molar-refractivity contribution is 5.24. The van der Waals surface area contributed by atoms with Crippen molar-refractivity contribution in [3.8, 4) is 5.88 Å². The van der Waals surface area contributed by atoms with Crippen molar-refractivity contribution < 1.29 is 9.15 Å². The van der Waals surface area contributed by atoms with Crippen molar-refractivity contribution in [3.05, 3.63) is 29.8 Å². The second-order valence-electron chi connectivity index (χ2n) is 4.68. The van der Waals surface area contributed by atoms with E-state index in [2.05, 4.69) is 32.7 Å². The smallest absolute Gasteiger partial charge is 0.315 e. The Balaban J connectivity index is 1.87. The van der Waals surface area contributed by atoms with Crippen LogP contribution < -0.4 is 15.4 Å². The highest BCUT2D eigenvalue weighted by Gasteiger charge is 2.12. The molecule has 7 nitrogen and oxygen atoms in total. The largest absolute Gasteiger partial charge is 0.481 e. The van der Waals surface area contributed by atoms with Crippen LogP contribution in [0.15, 0.2) is 22.7 Å². The highest BCUT2D eigenvalue weighted by atomic mass is 16.5. The van der Waals surface area contributed by atoms with Crippen molar-refractivity contribution in [2.75, 3.05) is 19.0 Å². The third-order valence-electron chi connectivity index (χ3n) is 2.96. The number of nitrogens with zero attached hydrogens (tertiary/aromatic N) is 3. The Morgan fingerprint density at radius 1 is 1.33 bits per heavy atom. The lowest BCUT2D eigenvalue weighted by Gasteiger charge is -2.07. The molecule has 2 rings (SSSR count). The maximum Gasteiger partial charge on any atom is 0.315 e. The zero-order valence-electron chi connectivity index (χ0n) is 12.6. The number of hydrogen-bond acceptors (Lipinski definition) is 7. The van der Waals surface area contributed by atoms with E-state index in [1.54, 1.807) is 13.3 Å². The number of nitrogens with one attached hydrogen (secondary N) is 2. The first kappa shape index (κ1) is 15.2. The average Bonchev–Trinajstić information content (AvgIpc) is 3.00. The molecule has 0 fully saturated rings.